The molecule has 0 aliphatic carbocycles. The standard InChI is InChI=1S/C14H9ClN/c15-12-5-7-13(8-6-12)16-10-9-11-3-1-2-4-14(11)16/h2-10H. The van der Waals surface area contributed by atoms with E-state index in [9.17, 15) is 0 Å². The summed E-state index contributed by atoms with van der Waals surface area (Å²) in [5, 5.41) is 1.95. The summed E-state index contributed by atoms with van der Waals surface area (Å²) in [7, 11) is 0. The van der Waals surface area contributed by atoms with Crippen LogP contribution >= 0.6 is 11.6 Å². The molecule has 3 aromatic rings. The Morgan fingerprint density at radius 3 is 2.62 bits per heavy atom. The summed E-state index contributed by atoms with van der Waals surface area (Å²) in [6.07, 6.45) is 2.06. The summed E-state index contributed by atoms with van der Waals surface area (Å²) >= 11 is 5.88. The number of nitrogens with zero attached hydrogens (tertiary/aromatic N) is 1. The highest BCUT2D eigenvalue weighted by Crippen LogP contribution is 2.21. The molecule has 0 atom stereocenters. The zero-order valence-corrected chi connectivity index (χ0v) is 9.28. The van der Waals surface area contributed by atoms with Gasteiger partial charge in [0.1, 0.15) is 0 Å². The van der Waals surface area contributed by atoms with Crippen molar-refractivity contribution < 1.29 is 0 Å². The molecule has 0 saturated carbocycles. The third-order valence-electron chi connectivity index (χ3n) is 2.64. The molecule has 1 radical (unpaired) electrons. The second-order valence-corrected chi connectivity index (χ2v) is 4.08. The molecule has 1 aromatic heterocycles. The van der Waals surface area contributed by atoms with Gasteiger partial charge in [-0.05, 0) is 48.5 Å². The summed E-state index contributed by atoms with van der Waals surface area (Å²) in [5.74, 6) is 0. The van der Waals surface area contributed by atoms with E-state index in [4.69, 9.17) is 11.6 Å². The quantitative estimate of drug-likeness (QED) is 0.589. The average molecular weight is 227 g/mol. The number of fused-ring (bicyclic) bond motifs is 1. The number of aromatic nitrogens is 1. The Bertz CT molecular complexity index is 623. The van der Waals surface area contributed by atoms with Crippen LogP contribution in [-0.4, -0.2) is 4.57 Å². The summed E-state index contributed by atoms with van der Waals surface area (Å²) in [5.41, 5.74) is 2.30. The molecular formula is C14H9ClN. The maximum Gasteiger partial charge on any atom is 0.0528 e. The normalized spacial score (nSPS) is 10.8. The van der Waals surface area contributed by atoms with Gasteiger partial charge >= 0.3 is 0 Å². The summed E-state index contributed by atoms with van der Waals surface area (Å²) < 4.78 is 2.14. The predicted octanol–water partition coefficient (Wildman–Crippen LogP) is 4.08. The lowest BCUT2D eigenvalue weighted by Gasteiger charge is -2.04. The Kier molecular flexibility index (Phi) is 2.19. The second kappa shape index (κ2) is 3.69. The monoisotopic (exact) mass is 226 g/mol. The molecule has 0 fully saturated rings. The molecule has 0 saturated heterocycles. The van der Waals surface area contributed by atoms with Crippen LogP contribution in [0.25, 0.3) is 16.6 Å². The van der Waals surface area contributed by atoms with Crippen molar-refractivity contribution >= 4 is 22.5 Å². The van der Waals surface area contributed by atoms with Crippen LogP contribution < -0.4 is 0 Å². The molecule has 3 rings (SSSR count). The van der Waals surface area contributed by atoms with Gasteiger partial charge in [-0.15, -0.1) is 0 Å². The largest absolute Gasteiger partial charge is 0.317 e. The first-order valence-corrected chi connectivity index (χ1v) is 5.45. The maximum absolute atomic E-state index is 5.88. The van der Waals surface area contributed by atoms with E-state index >= 15 is 0 Å². The van der Waals surface area contributed by atoms with Crippen LogP contribution in [0.2, 0.25) is 5.02 Å². The van der Waals surface area contributed by atoms with E-state index < -0.39 is 0 Å². The van der Waals surface area contributed by atoms with E-state index in [-0.39, 0.29) is 0 Å². The molecule has 1 heterocycles. The minimum Gasteiger partial charge on any atom is -0.317 e. The van der Waals surface area contributed by atoms with Crippen LogP contribution in [0.1, 0.15) is 0 Å². The molecule has 0 unspecified atom stereocenters. The second-order valence-electron chi connectivity index (χ2n) is 3.65. The average Bonchev–Trinajstić information content (AvgIpc) is 2.74. The highest BCUT2D eigenvalue weighted by atomic mass is 35.5. The molecule has 0 bridgehead atoms. The van der Waals surface area contributed by atoms with Crippen molar-refractivity contribution in [1.29, 1.82) is 0 Å². The van der Waals surface area contributed by atoms with Gasteiger partial charge in [0.05, 0.1) is 5.52 Å². The minimum atomic E-state index is 0.758. The fraction of sp³-hybridized carbons (Fsp3) is 0. The van der Waals surface area contributed by atoms with Crippen molar-refractivity contribution in [1.82, 2.24) is 4.57 Å². The predicted molar refractivity (Wildman–Crippen MR) is 67.1 cm³/mol. The Balaban J connectivity index is 2.22. The number of rotatable bonds is 1. The molecule has 1 nitrogen and oxygen atoms in total. The van der Waals surface area contributed by atoms with Crippen molar-refractivity contribution in [2.24, 2.45) is 0 Å². The van der Waals surface area contributed by atoms with Crippen molar-refractivity contribution in [3.63, 3.8) is 0 Å². The zero-order valence-electron chi connectivity index (χ0n) is 8.52. The molecule has 0 amide bonds. The first-order valence-electron chi connectivity index (χ1n) is 5.08. The molecule has 0 aliphatic rings. The topological polar surface area (TPSA) is 4.93 Å². The van der Waals surface area contributed by atoms with E-state index in [0.29, 0.717) is 0 Å². The first-order chi connectivity index (χ1) is 7.84. The van der Waals surface area contributed by atoms with Crippen LogP contribution in [0.15, 0.2) is 54.7 Å². The molecule has 2 aromatic carbocycles. The van der Waals surface area contributed by atoms with E-state index in [2.05, 4.69) is 29.0 Å². The van der Waals surface area contributed by atoms with Gasteiger partial charge < -0.3 is 4.57 Å². The fourth-order valence-electron chi connectivity index (χ4n) is 1.85. The van der Waals surface area contributed by atoms with Crippen LogP contribution in [-0.2, 0) is 0 Å². The lowest BCUT2D eigenvalue weighted by Crippen LogP contribution is -1.90. The molecule has 0 aliphatic heterocycles. The van der Waals surface area contributed by atoms with Gasteiger partial charge in [0, 0.05) is 22.3 Å². The third kappa shape index (κ3) is 1.50. The van der Waals surface area contributed by atoms with Gasteiger partial charge in [-0.25, -0.2) is 0 Å². The molecule has 16 heavy (non-hydrogen) atoms. The van der Waals surface area contributed by atoms with Gasteiger partial charge in [-0.3, -0.25) is 0 Å². The number of hydrogen-bond acceptors (Lipinski definition) is 0. The van der Waals surface area contributed by atoms with E-state index in [1.165, 1.54) is 10.9 Å². The summed E-state index contributed by atoms with van der Waals surface area (Å²) in [6.45, 7) is 0. The SMILES string of the molecule is Clc1ccc(-n2ccc3c[c]ccc32)cc1. The molecule has 0 N–H and O–H groups in total. The Hall–Kier alpha value is -1.73. The molecule has 2 heteroatoms. The lowest BCUT2D eigenvalue weighted by molar-refractivity contribution is 1.13. The number of halogens is 1. The van der Waals surface area contributed by atoms with Gasteiger partial charge in [0.2, 0.25) is 0 Å². The van der Waals surface area contributed by atoms with Crippen molar-refractivity contribution in [2.75, 3.05) is 0 Å². The minimum absolute atomic E-state index is 0.758. The summed E-state index contributed by atoms with van der Waals surface area (Å²) in [4.78, 5) is 0. The van der Waals surface area contributed by atoms with Crippen LogP contribution in [0.4, 0.5) is 0 Å². The molecule has 0 spiro atoms. The summed E-state index contributed by atoms with van der Waals surface area (Å²) in [6, 6.07) is 19.0. The smallest absolute Gasteiger partial charge is 0.0528 e. The van der Waals surface area contributed by atoms with Crippen molar-refractivity contribution in [2.45, 2.75) is 0 Å². The highest BCUT2D eigenvalue weighted by molar-refractivity contribution is 6.30. The highest BCUT2D eigenvalue weighted by Gasteiger charge is 2.01. The van der Waals surface area contributed by atoms with Gasteiger partial charge in [-0.1, -0.05) is 17.7 Å². The Morgan fingerprint density at radius 2 is 1.81 bits per heavy atom. The van der Waals surface area contributed by atoms with E-state index in [1.807, 2.05) is 36.4 Å². The lowest BCUT2D eigenvalue weighted by atomic mass is 10.2. The zero-order chi connectivity index (χ0) is 11.0. The van der Waals surface area contributed by atoms with Crippen LogP contribution in [0, 0.1) is 6.07 Å². The Labute approximate surface area is 98.9 Å². The first kappa shape index (κ1) is 9.49. The number of benzene rings is 2. The van der Waals surface area contributed by atoms with E-state index in [0.717, 1.165) is 10.7 Å². The van der Waals surface area contributed by atoms with Gasteiger partial charge in [-0.2, -0.15) is 0 Å². The van der Waals surface area contributed by atoms with E-state index in [1.54, 1.807) is 0 Å². The van der Waals surface area contributed by atoms with Crippen molar-refractivity contribution in [3.05, 3.63) is 65.8 Å². The van der Waals surface area contributed by atoms with Crippen LogP contribution in [0.5, 0.6) is 0 Å². The van der Waals surface area contributed by atoms with Crippen LogP contribution in [0.3, 0.4) is 0 Å². The van der Waals surface area contributed by atoms with Gasteiger partial charge in [0.15, 0.2) is 0 Å². The molecule has 77 valence electrons. The fourth-order valence-corrected chi connectivity index (χ4v) is 1.98. The Morgan fingerprint density at radius 1 is 1.00 bits per heavy atom. The van der Waals surface area contributed by atoms with Gasteiger partial charge in [0.25, 0.3) is 0 Å². The van der Waals surface area contributed by atoms with Crippen molar-refractivity contribution in [3.8, 4) is 5.69 Å². The number of hydrogen-bond donors (Lipinski definition) is 0. The molecular weight excluding hydrogens is 218 g/mol. The third-order valence-corrected chi connectivity index (χ3v) is 2.89. The maximum atomic E-state index is 5.88.